The van der Waals surface area contributed by atoms with E-state index in [2.05, 4.69) is 10.9 Å². The van der Waals surface area contributed by atoms with E-state index in [0.717, 1.165) is 0 Å². The Morgan fingerprint density at radius 3 is 2.70 bits per heavy atom. The van der Waals surface area contributed by atoms with E-state index in [0.29, 0.717) is 16.3 Å². The third kappa shape index (κ3) is 4.00. The minimum atomic E-state index is -0.475. The van der Waals surface area contributed by atoms with Gasteiger partial charge in [0.05, 0.1) is 6.26 Å². The molecule has 0 aliphatic carbocycles. The second-order valence-electron chi connectivity index (χ2n) is 3.80. The molecule has 0 spiro atoms. The molecule has 20 heavy (non-hydrogen) atoms. The Bertz CT molecular complexity index is 636. The Morgan fingerprint density at radius 2 is 2.00 bits per heavy atom. The van der Waals surface area contributed by atoms with Crippen LogP contribution in [0.25, 0.3) is 6.08 Å². The van der Waals surface area contributed by atoms with Gasteiger partial charge in [-0.1, -0.05) is 17.7 Å². The van der Waals surface area contributed by atoms with Crippen molar-refractivity contribution in [3.05, 3.63) is 65.1 Å². The number of rotatable bonds is 3. The third-order valence-electron chi connectivity index (χ3n) is 2.33. The van der Waals surface area contributed by atoms with Gasteiger partial charge in [-0.15, -0.1) is 0 Å². The fourth-order valence-electron chi connectivity index (χ4n) is 1.41. The Labute approximate surface area is 120 Å². The van der Waals surface area contributed by atoms with Gasteiger partial charge in [0, 0.05) is 16.7 Å². The highest BCUT2D eigenvalue weighted by Gasteiger charge is 2.06. The number of benzene rings is 1. The smallest absolute Gasteiger partial charge is 0.269 e. The van der Waals surface area contributed by atoms with Crippen LogP contribution in [0.2, 0.25) is 5.02 Å². The summed E-state index contributed by atoms with van der Waals surface area (Å²) < 4.78 is 5.02. The molecule has 1 aromatic carbocycles. The molecule has 2 N–H and O–H groups in total. The predicted octanol–water partition coefficient (Wildman–Crippen LogP) is 2.41. The van der Waals surface area contributed by atoms with Crippen LogP contribution in [-0.2, 0) is 4.79 Å². The maximum atomic E-state index is 11.7. The molecule has 0 saturated heterocycles. The van der Waals surface area contributed by atoms with Gasteiger partial charge in [-0.2, -0.15) is 0 Å². The first-order valence-corrected chi connectivity index (χ1v) is 6.10. The maximum absolute atomic E-state index is 11.7. The summed E-state index contributed by atoms with van der Waals surface area (Å²) in [6.45, 7) is 0. The summed E-state index contributed by atoms with van der Waals surface area (Å²) in [5.74, 6) is -0.384. The van der Waals surface area contributed by atoms with Crippen molar-refractivity contribution in [2.75, 3.05) is 0 Å². The molecule has 0 atom stereocenters. The molecule has 102 valence electrons. The van der Waals surface area contributed by atoms with Crippen LogP contribution < -0.4 is 10.9 Å². The topological polar surface area (TPSA) is 71.3 Å². The number of hydrogen-bond donors (Lipinski definition) is 2. The van der Waals surface area contributed by atoms with E-state index in [9.17, 15) is 9.59 Å². The lowest BCUT2D eigenvalue weighted by molar-refractivity contribution is -0.117. The van der Waals surface area contributed by atoms with Crippen molar-refractivity contribution in [2.24, 2.45) is 0 Å². The number of furan rings is 1. The summed E-state index contributed by atoms with van der Waals surface area (Å²) in [5.41, 5.74) is 4.88. The van der Waals surface area contributed by atoms with Crippen LogP contribution in [0.1, 0.15) is 16.1 Å². The molecule has 1 aromatic heterocycles. The van der Waals surface area contributed by atoms with Gasteiger partial charge in [-0.25, -0.2) is 0 Å². The van der Waals surface area contributed by atoms with Crippen LogP contribution in [0, 0.1) is 0 Å². The van der Waals surface area contributed by atoms with E-state index in [4.69, 9.17) is 16.0 Å². The monoisotopic (exact) mass is 290 g/mol. The number of carbonyl (C=O) groups is 2. The van der Waals surface area contributed by atoms with Crippen molar-refractivity contribution in [2.45, 2.75) is 0 Å². The summed E-state index contributed by atoms with van der Waals surface area (Å²) in [4.78, 5) is 23.2. The summed E-state index contributed by atoms with van der Waals surface area (Å²) in [6, 6.07) is 9.81. The van der Waals surface area contributed by atoms with Gasteiger partial charge in [-0.05, 0) is 36.4 Å². The van der Waals surface area contributed by atoms with Crippen LogP contribution in [0.5, 0.6) is 0 Å². The Hall–Kier alpha value is -2.53. The number of halogens is 1. The quantitative estimate of drug-likeness (QED) is 0.673. The molecule has 1 heterocycles. The number of carbonyl (C=O) groups excluding carboxylic acids is 2. The van der Waals surface area contributed by atoms with Crippen molar-refractivity contribution >= 4 is 29.5 Å². The molecule has 0 unspecified atom stereocenters. The van der Waals surface area contributed by atoms with Crippen molar-refractivity contribution in [1.82, 2.24) is 10.9 Å². The lowest BCUT2D eigenvalue weighted by Crippen LogP contribution is -2.40. The van der Waals surface area contributed by atoms with Gasteiger partial charge in [-0.3, -0.25) is 20.4 Å². The molecule has 0 saturated carbocycles. The average Bonchev–Trinajstić information content (AvgIpc) is 2.95. The highest BCUT2D eigenvalue weighted by Crippen LogP contribution is 2.10. The Balaban J connectivity index is 1.86. The highest BCUT2D eigenvalue weighted by atomic mass is 35.5. The second-order valence-corrected chi connectivity index (χ2v) is 4.24. The number of amides is 2. The van der Waals surface area contributed by atoms with E-state index in [1.54, 1.807) is 30.3 Å². The second kappa shape index (κ2) is 6.58. The van der Waals surface area contributed by atoms with E-state index in [1.165, 1.54) is 24.5 Å². The van der Waals surface area contributed by atoms with Gasteiger partial charge in [0.25, 0.3) is 11.8 Å². The molecular formula is C14H11ClN2O3. The first-order valence-electron chi connectivity index (χ1n) is 5.72. The largest absolute Gasteiger partial charge is 0.465 e. The van der Waals surface area contributed by atoms with Crippen molar-refractivity contribution in [1.29, 1.82) is 0 Å². The zero-order chi connectivity index (χ0) is 14.4. The SMILES string of the molecule is O=C(C=Cc1ccco1)NNC(=O)c1cccc(Cl)c1. The molecule has 0 aliphatic heterocycles. The van der Waals surface area contributed by atoms with Gasteiger partial charge in [0.2, 0.25) is 0 Å². The van der Waals surface area contributed by atoms with Crippen LogP contribution in [0.3, 0.4) is 0 Å². The lowest BCUT2D eigenvalue weighted by Gasteiger charge is -2.05. The zero-order valence-corrected chi connectivity index (χ0v) is 11.1. The minimum Gasteiger partial charge on any atom is -0.465 e. The lowest BCUT2D eigenvalue weighted by atomic mass is 10.2. The number of hydrogen-bond acceptors (Lipinski definition) is 3. The zero-order valence-electron chi connectivity index (χ0n) is 10.3. The van der Waals surface area contributed by atoms with E-state index in [1.807, 2.05) is 0 Å². The van der Waals surface area contributed by atoms with Crippen LogP contribution in [-0.4, -0.2) is 11.8 Å². The molecule has 2 rings (SSSR count). The maximum Gasteiger partial charge on any atom is 0.269 e. The highest BCUT2D eigenvalue weighted by molar-refractivity contribution is 6.30. The van der Waals surface area contributed by atoms with Crippen LogP contribution in [0.4, 0.5) is 0 Å². The summed E-state index contributed by atoms with van der Waals surface area (Å²) >= 11 is 5.77. The first-order chi connectivity index (χ1) is 9.65. The van der Waals surface area contributed by atoms with E-state index in [-0.39, 0.29) is 0 Å². The molecular weight excluding hydrogens is 280 g/mol. The summed E-state index contributed by atoms with van der Waals surface area (Å²) in [7, 11) is 0. The predicted molar refractivity (Wildman–Crippen MR) is 74.8 cm³/mol. The molecule has 2 aromatic rings. The molecule has 0 fully saturated rings. The van der Waals surface area contributed by atoms with Gasteiger partial charge >= 0.3 is 0 Å². The van der Waals surface area contributed by atoms with Crippen LogP contribution >= 0.6 is 11.6 Å². The number of nitrogens with one attached hydrogen (secondary N) is 2. The van der Waals surface area contributed by atoms with E-state index >= 15 is 0 Å². The fourth-order valence-corrected chi connectivity index (χ4v) is 1.60. The molecule has 0 radical (unpaired) electrons. The molecule has 0 bridgehead atoms. The normalized spacial score (nSPS) is 10.4. The van der Waals surface area contributed by atoms with Crippen LogP contribution in [0.15, 0.2) is 53.2 Å². The van der Waals surface area contributed by atoms with Crippen molar-refractivity contribution < 1.29 is 14.0 Å². The fraction of sp³-hybridized carbons (Fsp3) is 0. The molecule has 6 heteroatoms. The summed E-state index contributed by atoms with van der Waals surface area (Å²) in [5, 5.41) is 0.446. The Kier molecular flexibility index (Phi) is 4.57. The van der Waals surface area contributed by atoms with E-state index < -0.39 is 11.8 Å². The number of hydrazine groups is 1. The molecule has 2 amide bonds. The standard InChI is InChI=1S/C14H11ClN2O3/c15-11-4-1-3-10(9-11)14(19)17-16-13(18)7-6-12-5-2-8-20-12/h1-9H,(H,16,18)(H,17,19). The van der Waals surface area contributed by atoms with Gasteiger partial charge < -0.3 is 4.42 Å². The average molecular weight is 291 g/mol. The van der Waals surface area contributed by atoms with Gasteiger partial charge in [0.1, 0.15) is 5.76 Å². The van der Waals surface area contributed by atoms with Crippen molar-refractivity contribution in [3.63, 3.8) is 0 Å². The Morgan fingerprint density at radius 1 is 1.15 bits per heavy atom. The first kappa shape index (κ1) is 13.9. The molecule has 0 aliphatic rings. The van der Waals surface area contributed by atoms with Crippen molar-refractivity contribution in [3.8, 4) is 0 Å². The van der Waals surface area contributed by atoms with Gasteiger partial charge in [0.15, 0.2) is 0 Å². The minimum absolute atomic E-state index is 0.354. The summed E-state index contributed by atoms with van der Waals surface area (Å²) in [6.07, 6.45) is 4.23. The molecule has 5 nitrogen and oxygen atoms in total. The third-order valence-corrected chi connectivity index (χ3v) is 2.56.